The monoisotopic (exact) mass is 302 g/mol. The zero-order chi connectivity index (χ0) is 14.7. The third kappa shape index (κ3) is 3.94. The summed E-state index contributed by atoms with van der Waals surface area (Å²) in [6.45, 7) is -0.625. The molecule has 10 heteroatoms. The van der Waals surface area contributed by atoms with E-state index in [9.17, 15) is 30.1 Å². The number of aliphatic hydroxyl groups excluding tert-OH is 7. The van der Waals surface area contributed by atoms with Gasteiger partial charge in [0.15, 0.2) is 8.03 Å². The highest BCUT2D eigenvalue weighted by Gasteiger charge is 2.49. The predicted molar refractivity (Wildman–Crippen MR) is 61.9 cm³/mol. The molecule has 1 saturated carbocycles. The second-order valence-corrected chi connectivity index (χ2v) is 5.84. The average molecular weight is 302 g/mol. The Kier molecular flexibility index (Phi) is 6.31. The zero-order valence-corrected chi connectivity index (χ0v) is 10.9. The highest BCUT2D eigenvalue weighted by atomic mass is 31.1. The van der Waals surface area contributed by atoms with E-state index in [1.807, 2.05) is 0 Å². The normalized spacial score (nSPS) is 42.9. The lowest BCUT2D eigenvalue weighted by molar-refractivity contribution is -0.216. The molecule has 0 aromatic rings. The van der Waals surface area contributed by atoms with Gasteiger partial charge in [0.05, 0.1) is 18.9 Å². The zero-order valence-electron chi connectivity index (χ0n) is 9.90. The molecular formula is C9H19O9P. The Morgan fingerprint density at radius 2 is 1.37 bits per heavy atom. The molecule has 9 nitrogen and oxygen atoms in total. The Balaban J connectivity index is 2.67. The van der Waals surface area contributed by atoms with Crippen LogP contribution in [0.1, 0.15) is 0 Å². The van der Waals surface area contributed by atoms with E-state index in [1.54, 1.807) is 0 Å². The van der Waals surface area contributed by atoms with Crippen molar-refractivity contribution in [2.24, 2.45) is 0 Å². The van der Waals surface area contributed by atoms with Gasteiger partial charge < -0.3 is 40.3 Å². The molecule has 6 unspecified atom stereocenters. The molecule has 0 aliphatic heterocycles. The first-order valence-electron chi connectivity index (χ1n) is 5.68. The maximum Gasteiger partial charge on any atom is 0.194 e. The van der Waals surface area contributed by atoms with Crippen LogP contribution in [0, 0.1) is 0 Å². The van der Waals surface area contributed by atoms with Crippen LogP contribution in [0.4, 0.5) is 0 Å². The molecule has 1 rings (SSSR count). The van der Waals surface area contributed by atoms with Crippen LogP contribution >= 0.6 is 8.03 Å². The van der Waals surface area contributed by atoms with Crippen LogP contribution < -0.4 is 0 Å². The van der Waals surface area contributed by atoms with Gasteiger partial charge in [-0.05, 0) is 0 Å². The van der Waals surface area contributed by atoms with Crippen molar-refractivity contribution >= 4 is 8.03 Å². The maximum atomic E-state index is 11.5. The second-order valence-electron chi connectivity index (χ2n) is 4.45. The molecule has 114 valence electrons. The molecule has 19 heavy (non-hydrogen) atoms. The minimum Gasteiger partial charge on any atom is -0.394 e. The average Bonchev–Trinajstić information content (AvgIpc) is 2.39. The molecule has 0 aromatic carbocycles. The number of hydrogen-bond donors (Lipinski definition) is 7. The maximum absolute atomic E-state index is 11.5. The van der Waals surface area contributed by atoms with Crippen molar-refractivity contribution in [2.45, 2.75) is 42.7 Å². The largest absolute Gasteiger partial charge is 0.394 e. The van der Waals surface area contributed by atoms with Crippen molar-refractivity contribution in [3.8, 4) is 0 Å². The highest BCUT2D eigenvalue weighted by Crippen LogP contribution is 2.33. The first-order valence-corrected chi connectivity index (χ1v) is 7.20. The van der Waals surface area contributed by atoms with E-state index < -0.39 is 63.5 Å². The molecule has 7 N–H and O–H groups in total. The quantitative estimate of drug-likeness (QED) is 0.250. The van der Waals surface area contributed by atoms with Crippen molar-refractivity contribution in [1.29, 1.82) is 0 Å². The van der Waals surface area contributed by atoms with E-state index in [4.69, 9.17) is 14.7 Å². The van der Waals surface area contributed by atoms with Crippen molar-refractivity contribution in [1.82, 2.24) is 0 Å². The van der Waals surface area contributed by atoms with Gasteiger partial charge in [-0.25, -0.2) is 0 Å². The van der Waals surface area contributed by atoms with Gasteiger partial charge in [0, 0.05) is 0 Å². The van der Waals surface area contributed by atoms with Crippen molar-refractivity contribution in [3.05, 3.63) is 0 Å². The Bertz CT molecular complexity index is 298. The summed E-state index contributed by atoms with van der Waals surface area (Å²) < 4.78 is 16.3. The molecule has 1 fully saturated rings. The number of aliphatic hydroxyl groups is 7. The van der Waals surface area contributed by atoms with Gasteiger partial charge in [0.1, 0.15) is 36.6 Å². The minimum atomic E-state index is -2.91. The van der Waals surface area contributed by atoms with Gasteiger partial charge in [-0.15, -0.1) is 0 Å². The van der Waals surface area contributed by atoms with Crippen LogP contribution in [-0.2, 0) is 9.09 Å². The Morgan fingerprint density at radius 3 is 1.79 bits per heavy atom. The second kappa shape index (κ2) is 7.07. The molecule has 0 amide bonds. The molecule has 0 bridgehead atoms. The molecular weight excluding hydrogens is 283 g/mol. The summed E-state index contributed by atoms with van der Waals surface area (Å²) in [5.74, 6) is 0. The molecule has 0 radical (unpaired) electrons. The summed E-state index contributed by atoms with van der Waals surface area (Å²) in [5.41, 5.74) is 0. The van der Waals surface area contributed by atoms with E-state index in [-0.39, 0.29) is 0 Å². The topological polar surface area (TPSA) is 168 Å². The lowest BCUT2D eigenvalue weighted by Gasteiger charge is -2.41. The number of rotatable bonds is 5. The van der Waals surface area contributed by atoms with Gasteiger partial charge in [0.25, 0.3) is 0 Å². The summed E-state index contributed by atoms with van der Waals surface area (Å²) >= 11 is 0. The van der Waals surface area contributed by atoms with Crippen LogP contribution in [0.25, 0.3) is 0 Å². The molecule has 0 heterocycles. The molecule has 6 atom stereocenters. The summed E-state index contributed by atoms with van der Waals surface area (Å²) in [4.78, 5) is 0. The van der Waals surface area contributed by atoms with Gasteiger partial charge in [-0.3, -0.25) is 4.57 Å². The first kappa shape index (κ1) is 17.0. The van der Waals surface area contributed by atoms with Crippen LogP contribution in [0.5, 0.6) is 0 Å². The van der Waals surface area contributed by atoms with Gasteiger partial charge in [-0.1, -0.05) is 0 Å². The van der Waals surface area contributed by atoms with Crippen LogP contribution in [0.3, 0.4) is 0 Å². The third-order valence-electron chi connectivity index (χ3n) is 2.95. The fourth-order valence-corrected chi connectivity index (χ4v) is 2.99. The fourth-order valence-electron chi connectivity index (χ4n) is 1.79. The van der Waals surface area contributed by atoms with E-state index >= 15 is 0 Å². The van der Waals surface area contributed by atoms with E-state index in [0.29, 0.717) is 0 Å². The van der Waals surface area contributed by atoms with Crippen LogP contribution in [-0.4, -0.2) is 91.2 Å². The first-order chi connectivity index (χ1) is 8.79. The Hall–Kier alpha value is -0.0900. The molecule has 0 saturated heterocycles. The van der Waals surface area contributed by atoms with E-state index in [2.05, 4.69) is 0 Å². The SMILES string of the molecule is O=[PH](CC(O)CO)OC1C(O)C(O)C(O)C(O)C1O. The van der Waals surface area contributed by atoms with Crippen LogP contribution in [0.2, 0.25) is 0 Å². The Labute approximate surface area is 109 Å². The van der Waals surface area contributed by atoms with E-state index in [0.717, 1.165) is 0 Å². The van der Waals surface area contributed by atoms with Gasteiger partial charge >= 0.3 is 0 Å². The summed E-state index contributed by atoms with van der Waals surface area (Å²) in [7, 11) is -2.91. The molecule has 1 aliphatic carbocycles. The highest BCUT2D eigenvalue weighted by molar-refractivity contribution is 7.39. The van der Waals surface area contributed by atoms with Crippen molar-refractivity contribution in [2.75, 3.05) is 12.8 Å². The van der Waals surface area contributed by atoms with Gasteiger partial charge in [-0.2, -0.15) is 0 Å². The molecule has 1 aliphatic rings. The molecule has 0 aromatic heterocycles. The number of hydrogen-bond acceptors (Lipinski definition) is 9. The van der Waals surface area contributed by atoms with Crippen LogP contribution in [0.15, 0.2) is 0 Å². The lowest BCUT2D eigenvalue weighted by Crippen LogP contribution is -2.63. The Morgan fingerprint density at radius 1 is 0.947 bits per heavy atom. The third-order valence-corrected chi connectivity index (χ3v) is 4.29. The summed E-state index contributed by atoms with van der Waals surface area (Å²) in [6.07, 6.45) is -12.0. The standard InChI is InChI=1S/C9H19O9P/c10-1-3(11)2-19(17)18-9-7(15)5(13)4(12)6(14)8(9)16/h3-16,19H,1-2H2. The smallest absolute Gasteiger partial charge is 0.194 e. The van der Waals surface area contributed by atoms with E-state index in [1.165, 1.54) is 0 Å². The van der Waals surface area contributed by atoms with Crippen molar-refractivity contribution < 1.29 is 44.8 Å². The van der Waals surface area contributed by atoms with Gasteiger partial charge in [0.2, 0.25) is 0 Å². The van der Waals surface area contributed by atoms with Crippen molar-refractivity contribution in [3.63, 3.8) is 0 Å². The summed E-state index contributed by atoms with van der Waals surface area (Å²) in [5, 5.41) is 65.0. The molecule has 0 spiro atoms. The lowest BCUT2D eigenvalue weighted by atomic mass is 9.85. The summed E-state index contributed by atoms with van der Waals surface area (Å²) in [6, 6.07) is 0. The fraction of sp³-hybridized carbons (Fsp3) is 1.00. The predicted octanol–water partition coefficient (Wildman–Crippen LogP) is -3.98. The minimum absolute atomic E-state index is 0.397.